The summed E-state index contributed by atoms with van der Waals surface area (Å²) < 4.78 is 18.2. The third kappa shape index (κ3) is 3.44. The Morgan fingerprint density at radius 2 is 2.19 bits per heavy atom. The molecule has 1 aromatic rings. The molecule has 0 aliphatic rings. The van der Waals surface area contributed by atoms with Gasteiger partial charge in [-0.15, -0.1) is 0 Å². The van der Waals surface area contributed by atoms with Crippen molar-refractivity contribution in [2.24, 2.45) is 0 Å². The second-order valence-electron chi connectivity index (χ2n) is 3.94. The number of hydrogen-bond acceptors (Lipinski definition) is 2. The highest BCUT2D eigenvalue weighted by molar-refractivity contribution is 6.30. The van der Waals surface area contributed by atoms with E-state index in [0.717, 1.165) is 0 Å². The quantitative estimate of drug-likeness (QED) is 0.866. The maximum absolute atomic E-state index is 13.2. The molecule has 0 saturated heterocycles. The van der Waals surface area contributed by atoms with Gasteiger partial charge in [-0.05, 0) is 24.1 Å². The van der Waals surface area contributed by atoms with Crippen LogP contribution < -0.4 is 0 Å². The van der Waals surface area contributed by atoms with Gasteiger partial charge in [0.05, 0.1) is 17.2 Å². The summed E-state index contributed by atoms with van der Waals surface area (Å²) in [6.07, 6.45) is 0.899. The minimum Gasteiger partial charge on any atom is -0.387 e. The SMILES string of the molecule is CCC(O)(COC)Cc1ccc(Cl)c(F)c1. The minimum absolute atomic E-state index is 0.0931. The van der Waals surface area contributed by atoms with E-state index < -0.39 is 11.4 Å². The molecular weight excluding hydrogens is 231 g/mol. The Bertz CT molecular complexity index is 357. The summed E-state index contributed by atoms with van der Waals surface area (Å²) in [4.78, 5) is 0. The molecule has 2 nitrogen and oxygen atoms in total. The van der Waals surface area contributed by atoms with Crippen LogP contribution in [0.4, 0.5) is 4.39 Å². The molecule has 1 rings (SSSR count). The first-order valence-electron chi connectivity index (χ1n) is 5.16. The standard InChI is InChI=1S/C12H16ClFO2/c1-3-12(15,8-16-2)7-9-4-5-10(13)11(14)6-9/h4-6,15H,3,7-8H2,1-2H3. The minimum atomic E-state index is -0.949. The Kier molecular flexibility index (Phi) is 4.71. The van der Waals surface area contributed by atoms with Gasteiger partial charge >= 0.3 is 0 Å². The van der Waals surface area contributed by atoms with E-state index in [9.17, 15) is 9.50 Å². The highest BCUT2D eigenvalue weighted by atomic mass is 35.5. The molecule has 0 amide bonds. The maximum Gasteiger partial charge on any atom is 0.142 e. The molecule has 1 unspecified atom stereocenters. The van der Waals surface area contributed by atoms with Crippen LogP contribution in [0.25, 0.3) is 0 Å². The first kappa shape index (κ1) is 13.4. The summed E-state index contributed by atoms with van der Waals surface area (Å²) in [5, 5.41) is 10.2. The van der Waals surface area contributed by atoms with Crippen LogP contribution in [0, 0.1) is 5.82 Å². The fourth-order valence-electron chi connectivity index (χ4n) is 1.58. The summed E-state index contributed by atoms with van der Waals surface area (Å²) in [5.74, 6) is -0.463. The monoisotopic (exact) mass is 246 g/mol. The predicted octanol–water partition coefficient (Wildman–Crippen LogP) is 2.81. The molecule has 0 heterocycles. The number of methoxy groups -OCH3 is 1. The summed E-state index contributed by atoms with van der Waals surface area (Å²) >= 11 is 5.58. The summed E-state index contributed by atoms with van der Waals surface area (Å²) in [7, 11) is 1.53. The van der Waals surface area contributed by atoms with Crippen LogP contribution in [-0.4, -0.2) is 24.4 Å². The van der Waals surface area contributed by atoms with Gasteiger partial charge in [-0.2, -0.15) is 0 Å². The Morgan fingerprint density at radius 3 is 2.69 bits per heavy atom. The molecule has 0 aliphatic carbocycles. The molecule has 16 heavy (non-hydrogen) atoms. The average molecular weight is 247 g/mol. The second kappa shape index (κ2) is 5.62. The van der Waals surface area contributed by atoms with E-state index in [1.165, 1.54) is 19.2 Å². The number of ether oxygens (including phenoxy) is 1. The highest BCUT2D eigenvalue weighted by Crippen LogP contribution is 2.21. The van der Waals surface area contributed by atoms with Gasteiger partial charge < -0.3 is 9.84 Å². The van der Waals surface area contributed by atoms with Crippen molar-refractivity contribution in [3.05, 3.63) is 34.6 Å². The van der Waals surface area contributed by atoms with Crippen molar-refractivity contribution in [2.75, 3.05) is 13.7 Å². The van der Waals surface area contributed by atoms with Crippen molar-refractivity contribution in [3.63, 3.8) is 0 Å². The first-order valence-corrected chi connectivity index (χ1v) is 5.54. The van der Waals surface area contributed by atoms with Crippen LogP contribution in [0.5, 0.6) is 0 Å². The van der Waals surface area contributed by atoms with Crippen LogP contribution in [-0.2, 0) is 11.2 Å². The van der Waals surface area contributed by atoms with Crippen molar-refractivity contribution >= 4 is 11.6 Å². The topological polar surface area (TPSA) is 29.5 Å². The van der Waals surface area contributed by atoms with Gasteiger partial charge in [0.2, 0.25) is 0 Å². The fourth-order valence-corrected chi connectivity index (χ4v) is 1.69. The van der Waals surface area contributed by atoms with E-state index in [1.54, 1.807) is 6.07 Å². The Balaban J connectivity index is 2.81. The van der Waals surface area contributed by atoms with E-state index in [-0.39, 0.29) is 11.6 Å². The number of benzene rings is 1. The fraction of sp³-hybridized carbons (Fsp3) is 0.500. The van der Waals surface area contributed by atoms with Gasteiger partial charge in [-0.3, -0.25) is 0 Å². The van der Waals surface area contributed by atoms with Crippen molar-refractivity contribution < 1.29 is 14.2 Å². The van der Waals surface area contributed by atoms with Crippen molar-refractivity contribution in [2.45, 2.75) is 25.4 Å². The lowest BCUT2D eigenvalue weighted by molar-refractivity contribution is -0.0333. The molecule has 4 heteroatoms. The molecule has 0 aliphatic heterocycles. The average Bonchev–Trinajstić information content (AvgIpc) is 2.24. The van der Waals surface area contributed by atoms with E-state index >= 15 is 0 Å². The van der Waals surface area contributed by atoms with Crippen LogP contribution in [0.1, 0.15) is 18.9 Å². The largest absolute Gasteiger partial charge is 0.387 e. The summed E-state index contributed by atoms with van der Waals surface area (Å²) in [6, 6.07) is 4.55. The number of rotatable bonds is 5. The number of hydrogen-bond donors (Lipinski definition) is 1. The molecular formula is C12H16ClFO2. The molecule has 1 N–H and O–H groups in total. The van der Waals surface area contributed by atoms with Crippen LogP contribution in [0.2, 0.25) is 5.02 Å². The van der Waals surface area contributed by atoms with Crippen LogP contribution in [0.3, 0.4) is 0 Å². The lowest BCUT2D eigenvalue weighted by Crippen LogP contribution is -2.35. The van der Waals surface area contributed by atoms with E-state index in [0.29, 0.717) is 18.4 Å². The molecule has 1 aromatic carbocycles. The smallest absolute Gasteiger partial charge is 0.142 e. The molecule has 0 spiro atoms. The number of halogens is 2. The van der Waals surface area contributed by atoms with Gasteiger partial charge in [-0.1, -0.05) is 24.6 Å². The highest BCUT2D eigenvalue weighted by Gasteiger charge is 2.25. The van der Waals surface area contributed by atoms with E-state index in [2.05, 4.69) is 0 Å². The zero-order valence-corrected chi connectivity index (χ0v) is 10.2. The van der Waals surface area contributed by atoms with Gasteiger partial charge in [0, 0.05) is 13.5 Å². The lowest BCUT2D eigenvalue weighted by atomic mass is 9.93. The van der Waals surface area contributed by atoms with Gasteiger partial charge in [0.1, 0.15) is 5.82 Å². The molecule has 1 atom stereocenters. The predicted molar refractivity (Wildman–Crippen MR) is 62.2 cm³/mol. The van der Waals surface area contributed by atoms with Crippen molar-refractivity contribution in [3.8, 4) is 0 Å². The van der Waals surface area contributed by atoms with Crippen molar-refractivity contribution in [1.82, 2.24) is 0 Å². The Hall–Kier alpha value is -0.640. The van der Waals surface area contributed by atoms with Gasteiger partial charge in [-0.25, -0.2) is 4.39 Å². The molecule has 0 bridgehead atoms. The maximum atomic E-state index is 13.2. The molecule has 0 radical (unpaired) electrons. The summed E-state index contributed by atoms with van der Waals surface area (Å²) in [6.45, 7) is 2.10. The molecule has 0 fully saturated rings. The van der Waals surface area contributed by atoms with Crippen LogP contribution >= 0.6 is 11.6 Å². The zero-order valence-electron chi connectivity index (χ0n) is 9.46. The second-order valence-corrected chi connectivity index (χ2v) is 4.34. The van der Waals surface area contributed by atoms with Gasteiger partial charge in [0.25, 0.3) is 0 Å². The first-order chi connectivity index (χ1) is 7.50. The van der Waals surface area contributed by atoms with Crippen LogP contribution in [0.15, 0.2) is 18.2 Å². The summed E-state index contributed by atoms with van der Waals surface area (Å²) in [5.41, 5.74) is -0.238. The Labute approximate surface area is 100.0 Å². The Morgan fingerprint density at radius 1 is 1.50 bits per heavy atom. The third-order valence-corrected chi connectivity index (χ3v) is 2.89. The normalized spacial score (nSPS) is 14.8. The zero-order chi connectivity index (χ0) is 12.2. The van der Waals surface area contributed by atoms with Crippen molar-refractivity contribution in [1.29, 1.82) is 0 Å². The lowest BCUT2D eigenvalue weighted by Gasteiger charge is -2.25. The third-order valence-electron chi connectivity index (χ3n) is 2.59. The number of aliphatic hydroxyl groups is 1. The molecule has 0 saturated carbocycles. The van der Waals surface area contributed by atoms with E-state index in [4.69, 9.17) is 16.3 Å². The van der Waals surface area contributed by atoms with E-state index in [1.807, 2.05) is 6.92 Å². The molecule has 0 aromatic heterocycles. The molecule has 90 valence electrons. The van der Waals surface area contributed by atoms with Gasteiger partial charge in [0.15, 0.2) is 0 Å².